The molecule has 29 heavy (non-hydrogen) atoms. The van der Waals surface area contributed by atoms with Gasteiger partial charge in [0.25, 0.3) is 11.8 Å². The maximum absolute atomic E-state index is 13.7. The zero-order valence-electron chi connectivity index (χ0n) is 16.3. The second-order valence-corrected chi connectivity index (χ2v) is 7.75. The number of nitrogens with zero attached hydrogens (tertiary/aromatic N) is 3. The molecule has 0 spiro atoms. The fourth-order valence-corrected chi connectivity index (χ4v) is 3.54. The largest absolute Gasteiger partial charge is 0.348 e. The van der Waals surface area contributed by atoms with E-state index in [9.17, 15) is 14.0 Å². The lowest BCUT2D eigenvalue weighted by atomic mass is 10.2. The zero-order chi connectivity index (χ0) is 20.2. The van der Waals surface area contributed by atoms with Crippen LogP contribution in [0.3, 0.4) is 0 Å². The fourth-order valence-electron chi connectivity index (χ4n) is 3.54. The van der Waals surface area contributed by atoms with Gasteiger partial charge in [-0.3, -0.25) is 19.5 Å². The van der Waals surface area contributed by atoms with E-state index in [1.807, 2.05) is 4.90 Å². The summed E-state index contributed by atoms with van der Waals surface area (Å²) in [5.41, 5.74) is 1.17. The minimum atomic E-state index is -0.554. The summed E-state index contributed by atoms with van der Waals surface area (Å²) in [6.45, 7) is 4.67. The number of halogens is 1. The maximum Gasteiger partial charge on any atom is 0.272 e. The van der Waals surface area contributed by atoms with Gasteiger partial charge in [-0.2, -0.15) is 0 Å². The molecule has 1 aliphatic carbocycles. The first-order valence-electron chi connectivity index (χ1n) is 10.1. The van der Waals surface area contributed by atoms with Crippen LogP contribution in [0.15, 0.2) is 42.6 Å². The molecule has 7 heteroatoms. The molecule has 2 aliphatic rings. The van der Waals surface area contributed by atoms with Gasteiger partial charge in [0.1, 0.15) is 11.5 Å². The van der Waals surface area contributed by atoms with Gasteiger partial charge in [-0.05, 0) is 42.5 Å². The molecule has 0 atom stereocenters. The van der Waals surface area contributed by atoms with Crippen molar-refractivity contribution in [3.63, 3.8) is 0 Å². The number of carbonyl (C=O) groups is 2. The maximum atomic E-state index is 13.7. The van der Waals surface area contributed by atoms with Crippen molar-refractivity contribution in [2.75, 3.05) is 32.7 Å². The number of rotatable bonds is 6. The predicted octanol–water partition coefficient (Wildman–Crippen LogP) is 2.32. The standard InChI is InChI=1S/C22H25FN4O2/c23-19-4-2-1-3-18(19)21(28)25-14-17-7-8-20(24-13-17)22(29)27-11-9-26(10-12-27)15-16-5-6-16/h1-4,7-8,13,16H,5-6,9-12,14-15H2,(H,25,28). The third-order valence-corrected chi connectivity index (χ3v) is 5.49. The van der Waals surface area contributed by atoms with Crippen LogP contribution in [0, 0.1) is 11.7 Å². The van der Waals surface area contributed by atoms with E-state index in [0.717, 1.165) is 44.2 Å². The van der Waals surface area contributed by atoms with E-state index in [2.05, 4.69) is 15.2 Å². The van der Waals surface area contributed by atoms with E-state index in [-0.39, 0.29) is 18.0 Å². The number of pyridine rings is 1. The highest BCUT2D eigenvalue weighted by Crippen LogP contribution is 2.30. The average molecular weight is 396 g/mol. The molecule has 2 heterocycles. The Morgan fingerprint density at radius 2 is 1.83 bits per heavy atom. The van der Waals surface area contributed by atoms with Crippen molar-refractivity contribution in [3.8, 4) is 0 Å². The van der Waals surface area contributed by atoms with E-state index in [0.29, 0.717) is 5.69 Å². The van der Waals surface area contributed by atoms with Crippen LogP contribution in [-0.4, -0.2) is 59.3 Å². The Balaban J connectivity index is 1.28. The van der Waals surface area contributed by atoms with Crippen LogP contribution in [0.4, 0.5) is 4.39 Å². The number of hydrogen-bond donors (Lipinski definition) is 1. The lowest BCUT2D eigenvalue weighted by Gasteiger charge is -2.34. The number of hydrogen-bond acceptors (Lipinski definition) is 4. The van der Waals surface area contributed by atoms with Crippen LogP contribution in [0.5, 0.6) is 0 Å². The Morgan fingerprint density at radius 1 is 1.07 bits per heavy atom. The molecule has 1 N–H and O–H groups in total. The Hall–Kier alpha value is -2.80. The molecule has 6 nitrogen and oxygen atoms in total. The molecule has 2 amide bonds. The molecule has 4 rings (SSSR count). The number of nitrogens with one attached hydrogen (secondary N) is 1. The van der Waals surface area contributed by atoms with Gasteiger partial charge in [0.2, 0.25) is 0 Å². The van der Waals surface area contributed by atoms with Gasteiger partial charge >= 0.3 is 0 Å². The molecule has 0 bridgehead atoms. The lowest BCUT2D eigenvalue weighted by molar-refractivity contribution is 0.0626. The molecule has 1 saturated carbocycles. The van der Waals surface area contributed by atoms with E-state index in [1.165, 1.54) is 25.0 Å². The highest BCUT2D eigenvalue weighted by Gasteiger charge is 2.28. The van der Waals surface area contributed by atoms with E-state index in [4.69, 9.17) is 0 Å². The highest BCUT2D eigenvalue weighted by atomic mass is 19.1. The van der Waals surface area contributed by atoms with Crippen molar-refractivity contribution in [2.24, 2.45) is 5.92 Å². The Bertz CT molecular complexity index is 875. The SMILES string of the molecule is O=C(NCc1ccc(C(=O)N2CCN(CC3CC3)CC2)nc1)c1ccccc1F. The van der Waals surface area contributed by atoms with Gasteiger partial charge < -0.3 is 10.2 Å². The summed E-state index contributed by atoms with van der Waals surface area (Å²) in [4.78, 5) is 33.3. The molecular formula is C22H25FN4O2. The topological polar surface area (TPSA) is 65.5 Å². The second kappa shape index (κ2) is 8.69. The van der Waals surface area contributed by atoms with Crippen molar-refractivity contribution in [1.82, 2.24) is 20.1 Å². The van der Waals surface area contributed by atoms with Crippen LogP contribution in [0.2, 0.25) is 0 Å². The van der Waals surface area contributed by atoms with Gasteiger partial charge in [-0.1, -0.05) is 18.2 Å². The third-order valence-electron chi connectivity index (χ3n) is 5.49. The van der Waals surface area contributed by atoms with Crippen LogP contribution < -0.4 is 5.32 Å². The molecule has 1 aliphatic heterocycles. The molecule has 0 unspecified atom stereocenters. The van der Waals surface area contributed by atoms with Crippen molar-refractivity contribution in [2.45, 2.75) is 19.4 Å². The Labute approximate surface area is 169 Å². The summed E-state index contributed by atoms with van der Waals surface area (Å²) >= 11 is 0. The molecule has 1 aromatic heterocycles. The summed E-state index contributed by atoms with van der Waals surface area (Å²) in [7, 11) is 0. The second-order valence-electron chi connectivity index (χ2n) is 7.75. The molecule has 2 aromatic rings. The number of benzene rings is 1. The molecule has 152 valence electrons. The minimum absolute atomic E-state index is 0.00749. The van der Waals surface area contributed by atoms with E-state index < -0.39 is 11.7 Å². The predicted molar refractivity (Wildman–Crippen MR) is 107 cm³/mol. The first-order valence-corrected chi connectivity index (χ1v) is 10.1. The van der Waals surface area contributed by atoms with Crippen molar-refractivity contribution in [1.29, 1.82) is 0 Å². The van der Waals surface area contributed by atoms with Crippen molar-refractivity contribution < 1.29 is 14.0 Å². The Kier molecular flexibility index (Phi) is 5.85. The normalized spacial score (nSPS) is 17.2. The summed E-state index contributed by atoms with van der Waals surface area (Å²) < 4.78 is 13.7. The van der Waals surface area contributed by atoms with E-state index >= 15 is 0 Å². The van der Waals surface area contributed by atoms with E-state index in [1.54, 1.807) is 30.5 Å². The summed E-state index contributed by atoms with van der Waals surface area (Å²) in [5.74, 6) is -0.225. The Morgan fingerprint density at radius 3 is 2.48 bits per heavy atom. The summed E-state index contributed by atoms with van der Waals surface area (Å²) in [6.07, 6.45) is 4.27. The molecule has 1 aromatic carbocycles. The number of carbonyl (C=O) groups excluding carboxylic acids is 2. The average Bonchev–Trinajstić information content (AvgIpc) is 3.57. The zero-order valence-corrected chi connectivity index (χ0v) is 16.3. The molecule has 1 saturated heterocycles. The lowest BCUT2D eigenvalue weighted by Crippen LogP contribution is -2.49. The third kappa shape index (κ3) is 4.98. The summed E-state index contributed by atoms with van der Waals surface area (Å²) in [5, 5.41) is 2.67. The molecular weight excluding hydrogens is 371 g/mol. The number of amides is 2. The van der Waals surface area contributed by atoms with Crippen LogP contribution in [-0.2, 0) is 6.54 Å². The molecule has 2 fully saturated rings. The van der Waals surface area contributed by atoms with Crippen molar-refractivity contribution in [3.05, 3.63) is 65.2 Å². The first kappa shape index (κ1) is 19.5. The summed E-state index contributed by atoms with van der Waals surface area (Å²) in [6, 6.07) is 9.30. The van der Waals surface area contributed by atoms with Crippen LogP contribution in [0.1, 0.15) is 39.3 Å². The first-order chi connectivity index (χ1) is 14.1. The fraction of sp³-hybridized carbons (Fsp3) is 0.409. The minimum Gasteiger partial charge on any atom is -0.348 e. The highest BCUT2D eigenvalue weighted by molar-refractivity contribution is 5.94. The molecule has 0 radical (unpaired) electrons. The van der Waals surface area contributed by atoms with Gasteiger partial charge in [0.15, 0.2) is 0 Å². The van der Waals surface area contributed by atoms with Crippen LogP contribution in [0.25, 0.3) is 0 Å². The quantitative estimate of drug-likeness (QED) is 0.814. The van der Waals surface area contributed by atoms with Gasteiger partial charge in [-0.15, -0.1) is 0 Å². The van der Waals surface area contributed by atoms with Crippen LogP contribution >= 0.6 is 0 Å². The van der Waals surface area contributed by atoms with Gasteiger partial charge in [-0.25, -0.2) is 4.39 Å². The number of aromatic nitrogens is 1. The van der Waals surface area contributed by atoms with Gasteiger partial charge in [0.05, 0.1) is 5.56 Å². The number of piperazine rings is 1. The van der Waals surface area contributed by atoms with Gasteiger partial charge in [0, 0.05) is 45.5 Å². The monoisotopic (exact) mass is 396 g/mol. The smallest absolute Gasteiger partial charge is 0.272 e. The van der Waals surface area contributed by atoms with Crippen molar-refractivity contribution >= 4 is 11.8 Å².